The quantitative estimate of drug-likeness (QED) is 0.383. The summed E-state index contributed by atoms with van der Waals surface area (Å²) in [5.74, 6) is -1.54. The van der Waals surface area contributed by atoms with Crippen LogP contribution in [-0.2, 0) is 9.68 Å². The molecule has 1 rings (SSSR count). The fourth-order valence-electron chi connectivity index (χ4n) is 0.833. The summed E-state index contributed by atoms with van der Waals surface area (Å²) in [6.07, 6.45) is -1.91. The van der Waals surface area contributed by atoms with Crippen molar-refractivity contribution in [1.29, 1.82) is 0 Å². The maximum atomic E-state index is 10.5. The first-order valence-corrected chi connectivity index (χ1v) is 4.60. The molecule has 1 atom stereocenters. The molecular weight excluding hydrogens is 263 g/mol. The lowest BCUT2D eigenvalue weighted by Gasteiger charge is -2.07. The summed E-state index contributed by atoms with van der Waals surface area (Å²) in [4.78, 5) is 24.0. The molecule has 0 aliphatic carbocycles. The Labute approximate surface area is 99.1 Å². The Morgan fingerprint density at radius 1 is 1.44 bits per heavy atom. The molecule has 0 heterocycles. The summed E-state index contributed by atoms with van der Waals surface area (Å²) in [7, 11) is 0. The van der Waals surface area contributed by atoms with Crippen LogP contribution in [0.25, 0.3) is 0 Å². The van der Waals surface area contributed by atoms with Gasteiger partial charge >= 0.3 is 17.0 Å². The smallest absolute Gasteiger partial charge is 0.444 e. The van der Waals surface area contributed by atoms with Gasteiger partial charge in [0, 0.05) is 5.02 Å². The lowest BCUT2D eigenvalue weighted by molar-refractivity contribution is -0.163. The van der Waals surface area contributed by atoms with Crippen molar-refractivity contribution in [3.05, 3.63) is 38.0 Å². The third-order valence-electron chi connectivity index (χ3n) is 1.46. The minimum atomic E-state index is -1.91. The topological polar surface area (TPSA) is 84.1 Å². The van der Waals surface area contributed by atoms with Crippen LogP contribution in [0.1, 0.15) is 0 Å². The van der Waals surface area contributed by atoms with Crippen LogP contribution < -0.4 is 4.74 Å². The molecule has 1 aromatic rings. The van der Waals surface area contributed by atoms with Crippen LogP contribution in [0, 0.1) is 9.71 Å². The van der Waals surface area contributed by atoms with E-state index < -0.39 is 12.3 Å². The van der Waals surface area contributed by atoms with Gasteiger partial charge < -0.3 is 9.84 Å². The molecule has 0 saturated carbocycles. The molecule has 1 unspecified atom stereocenters. The number of ether oxygens (including phenoxy) is 1. The molecule has 0 saturated heterocycles. The second kappa shape index (κ2) is 5.53. The molecule has 0 aromatic heterocycles. The standard InChI is InChI=1S/C8H4Cl2O6/c9-4-1-2-6(5(10)3-4)14-8(7(11)12)15-16-13/h1-3,8H/p+1. The van der Waals surface area contributed by atoms with Crippen molar-refractivity contribution in [3.63, 3.8) is 0 Å². The van der Waals surface area contributed by atoms with Gasteiger partial charge in [0.15, 0.2) is 0 Å². The van der Waals surface area contributed by atoms with Crippen molar-refractivity contribution in [2.75, 3.05) is 0 Å². The van der Waals surface area contributed by atoms with Crippen molar-refractivity contribution >= 4 is 29.2 Å². The second-order valence-corrected chi connectivity index (χ2v) is 3.37. The van der Waals surface area contributed by atoms with Gasteiger partial charge in [-0.25, -0.2) is 4.79 Å². The van der Waals surface area contributed by atoms with Gasteiger partial charge in [-0.1, -0.05) is 23.2 Å². The summed E-state index contributed by atoms with van der Waals surface area (Å²) < 4.78 is 7.74. The van der Waals surface area contributed by atoms with Crippen LogP contribution in [0.5, 0.6) is 5.75 Å². The molecule has 1 N–H and O–H groups in total. The molecule has 8 heteroatoms. The van der Waals surface area contributed by atoms with Crippen molar-refractivity contribution in [3.8, 4) is 5.75 Å². The van der Waals surface area contributed by atoms with Crippen LogP contribution in [0.15, 0.2) is 18.2 Å². The molecule has 0 amide bonds. The summed E-state index contributed by atoms with van der Waals surface area (Å²) in [5, 5.41) is 9.00. The molecule has 6 nitrogen and oxygen atoms in total. The van der Waals surface area contributed by atoms with Gasteiger partial charge in [-0.3, -0.25) is 0 Å². The van der Waals surface area contributed by atoms with Crippen molar-refractivity contribution in [2.45, 2.75) is 6.29 Å². The van der Waals surface area contributed by atoms with Gasteiger partial charge in [0.1, 0.15) is 5.75 Å². The Hall–Kier alpha value is -1.53. The van der Waals surface area contributed by atoms with Crippen LogP contribution in [-0.4, -0.2) is 17.4 Å². The number of carbonyl (C=O) groups is 1. The Kier molecular flexibility index (Phi) is 4.33. The Morgan fingerprint density at radius 3 is 2.62 bits per heavy atom. The van der Waals surface area contributed by atoms with E-state index in [0.717, 1.165) is 0 Å². The number of aliphatic carboxylic acids is 1. The fraction of sp³-hybridized carbons (Fsp3) is 0.125. The Morgan fingerprint density at radius 2 is 2.12 bits per heavy atom. The highest BCUT2D eigenvalue weighted by Gasteiger charge is 2.30. The number of halogens is 2. The van der Waals surface area contributed by atoms with Gasteiger partial charge in [-0.05, 0) is 23.1 Å². The average molecular weight is 268 g/mol. The molecule has 0 bridgehead atoms. The van der Waals surface area contributed by atoms with Crippen LogP contribution in [0.2, 0.25) is 10.0 Å². The second-order valence-electron chi connectivity index (χ2n) is 2.53. The number of hydrogen-bond donors (Lipinski definition) is 1. The number of benzene rings is 1. The molecule has 1 aromatic carbocycles. The summed E-state index contributed by atoms with van der Waals surface area (Å²) >= 11 is 11.3. The molecule has 0 aliphatic heterocycles. The zero-order valence-corrected chi connectivity index (χ0v) is 9.07. The zero-order valence-electron chi connectivity index (χ0n) is 7.55. The van der Waals surface area contributed by atoms with Crippen molar-refractivity contribution < 1.29 is 19.5 Å². The van der Waals surface area contributed by atoms with Crippen molar-refractivity contribution in [1.82, 2.24) is 0 Å². The molecule has 0 aliphatic rings. The third kappa shape index (κ3) is 3.25. The number of hydrogen-bond acceptors (Lipinski definition) is 4. The molecule has 0 spiro atoms. The maximum Gasteiger partial charge on any atom is 0.444 e. The molecule has 0 fully saturated rings. The van der Waals surface area contributed by atoms with Gasteiger partial charge in [-0.2, -0.15) is 0 Å². The van der Waals surface area contributed by atoms with Gasteiger partial charge in [0.2, 0.25) is 0 Å². The lowest BCUT2D eigenvalue weighted by Crippen LogP contribution is -2.28. The zero-order chi connectivity index (χ0) is 12.1. The van der Waals surface area contributed by atoms with E-state index in [1.807, 2.05) is 0 Å². The highest BCUT2D eigenvalue weighted by atomic mass is 35.5. The summed E-state index contributed by atoms with van der Waals surface area (Å²) in [6.45, 7) is 0. The van der Waals surface area contributed by atoms with Crippen LogP contribution >= 0.6 is 23.2 Å². The minimum absolute atomic E-state index is 0.00415. The predicted octanol–water partition coefficient (Wildman–Crippen LogP) is 2.33. The maximum absolute atomic E-state index is 10.5. The normalized spacial score (nSPS) is 11.6. The minimum Gasteiger partial charge on any atom is -0.475 e. The first-order chi connectivity index (χ1) is 7.54. The predicted molar refractivity (Wildman–Crippen MR) is 56.3 cm³/mol. The lowest BCUT2D eigenvalue weighted by atomic mass is 10.3. The number of carboxylic acid groups (broad SMARTS) is 1. The fourth-order valence-corrected chi connectivity index (χ4v) is 1.29. The highest BCUT2D eigenvalue weighted by Crippen LogP contribution is 2.28. The summed E-state index contributed by atoms with van der Waals surface area (Å²) in [5.41, 5.74) is 0. The van der Waals surface area contributed by atoms with E-state index in [-0.39, 0.29) is 10.8 Å². The molecule has 16 heavy (non-hydrogen) atoms. The molecule has 0 radical (unpaired) electrons. The first-order valence-electron chi connectivity index (χ1n) is 3.84. The Balaban J connectivity index is 2.84. The largest absolute Gasteiger partial charge is 0.475 e. The van der Waals surface area contributed by atoms with Crippen LogP contribution in [0.3, 0.4) is 0 Å². The highest BCUT2D eigenvalue weighted by molar-refractivity contribution is 6.35. The van der Waals surface area contributed by atoms with E-state index in [2.05, 4.69) is 9.63 Å². The monoisotopic (exact) mass is 267 g/mol. The van der Waals surface area contributed by atoms with Crippen LogP contribution in [0.4, 0.5) is 0 Å². The molecule has 86 valence electrons. The van der Waals surface area contributed by atoms with E-state index in [1.54, 1.807) is 0 Å². The Bertz CT molecular complexity index is 408. The van der Waals surface area contributed by atoms with Gasteiger partial charge in [0.05, 0.1) is 5.02 Å². The van der Waals surface area contributed by atoms with Gasteiger partial charge in [0.25, 0.3) is 4.96 Å². The molecular formula is C8H5Cl2O6+. The van der Waals surface area contributed by atoms with E-state index in [4.69, 9.17) is 33.0 Å². The van der Waals surface area contributed by atoms with E-state index in [0.29, 0.717) is 5.02 Å². The van der Waals surface area contributed by atoms with E-state index >= 15 is 0 Å². The van der Waals surface area contributed by atoms with Gasteiger partial charge in [-0.15, -0.1) is 0 Å². The number of rotatable bonds is 5. The van der Waals surface area contributed by atoms with E-state index in [9.17, 15) is 9.76 Å². The summed E-state index contributed by atoms with van der Waals surface area (Å²) in [6, 6.07) is 4.10. The third-order valence-corrected chi connectivity index (χ3v) is 1.99. The number of carboxylic acids is 1. The first kappa shape index (κ1) is 12.5. The van der Waals surface area contributed by atoms with E-state index in [1.165, 1.54) is 18.2 Å². The van der Waals surface area contributed by atoms with Crippen molar-refractivity contribution in [2.24, 2.45) is 0 Å². The SMILES string of the molecule is O=[O+]OC(Oc1ccc(Cl)cc1Cl)C(=O)O. The average Bonchev–Trinajstić information content (AvgIpc) is 2.20.